The molecule has 0 saturated heterocycles. The topological polar surface area (TPSA) is 58.0 Å². The average molecular weight is 277 g/mol. The smallest absolute Gasteiger partial charge is 0.109 e. The minimum Gasteiger partial charge on any atom is -0.543 e. The Labute approximate surface area is 122 Å². The number of hydrogen-bond donors (Lipinski definition) is 0. The fourth-order valence-electron chi connectivity index (χ4n) is 2.18. The van der Waals surface area contributed by atoms with Gasteiger partial charge in [0.2, 0.25) is 0 Å². The maximum absolute atomic E-state index is 11.1. The maximum atomic E-state index is 11.1. The van der Waals surface area contributed by atoms with E-state index in [4.69, 9.17) is 0 Å². The van der Waals surface area contributed by atoms with Crippen LogP contribution in [0.15, 0.2) is 60.7 Å². The lowest BCUT2D eigenvalue weighted by Crippen LogP contribution is -2.22. The molecule has 4 heteroatoms. The molecular weight excluding hydrogens is 264 g/mol. The van der Waals surface area contributed by atoms with Gasteiger partial charge in [0.05, 0.1) is 17.4 Å². The molecule has 0 aliphatic rings. The zero-order valence-corrected chi connectivity index (χ0v) is 11.5. The molecule has 3 aromatic rings. The number of carbonyl (C=O) groups is 1. The Hall–Kier alpha value is -2.88. The normalized spacial score (nSPS) is 10.5. The van der Waals surface area contributed by atoms with Gasteiger partial charge in [0.25, 0.3) is 0 Å². The van der Waals surface area contributed by atoms with E-state index in [1.165, 1.54) is 6.07 Å². The number of carboxylic acid groups (broad SMARTS) is 1. The lowest BCUT2D eigenvalue weighted by Gasteiger charge is -2.07. The van der Waals surface area contributed by atoms with Crippen LogP contribution in [0, 0.1) is 6.92 Å². The van der Waals surface area contributed by atoms with Crippen molar-refractivity contribution in [3.63, 3.8) is 0 Å². The van der Waals surface area contributed by atoms with E-state index < -0.39 is 5.97 Å². The van der Waals surface area contributed by atoms with Crippen molar-refractivity contribution in [2.75, 3.05) is 0 Å². The highest BCUT2D eigenvalue weighted by Gasteiger charge is 2.12. The maximum Gasteiger partial charge on any atom is 0.109 e. The highest BCUT2D eigenvalue weighted by atomic mass is 16.4. The quantitative estimate of drug-likeness (QED) is 0.737. The van der Waals surface area contributed by atoms with Crippen LogP contribution in [0.25, 0.3) is 16.9 Å². The molecule has 1 aromatic heterocycles. The van der Waals surface area contributed by atoms with Crippen LogP contribution < -0.4 is 5.11 Å². The average Bonchev–Trinajstić information content (AvgIpc) is 2.94. The lowest BCUT2D eigenvalue weighted by molar-refractivity contribution is -0.255. The van der Waals surface area contributed by atoms with Crippen molar-refractivity contribution in [3.05, 3.63) is 71.9 Å². The molecule has 0 spiro atoms. The molecule has 0 amide bonds. The third-order valence-electron chi connectivity index (χ3n) is 3.27. The zero-order valence-electron chi connectivity index (χ0n) is 11.5. The van der Waals surface area contributed by atoms with E-state index in [1.807, 2.05) is 61.5 Å². The van der Waals surface area contributed by atoms with Crippen molar-refractivity contribution in [2.45, 2.75) is 6.92 Å². The largest absolute Gasteiger partial charge is 0.543 e. The van der Waals surface area contributed by atoms with Crippen LogP contribution in [-0.2, 0) is 0 Å². The summed E-state index contributed by atoms with van der Waals surface area (Å²) in [6, 6.07) is 18.8. The summed E-state index contributed by atoms with van der Waals surface area (Å²) in [4.78, 5) is 11.1. The number of hydrogen-bond acceptors (Lipinski definition) is 3. The van der Waals surface area contributed by atoms with Gasteiger partial charge in [0.15, 0.2) is 0 Å². The van der Waals surface area contributed by atoms with Crippen LogP contribution in [0.5, 0.6) is 0 Å². The first-order chi connectivity index (χ1) is 10.1. The summed E-state index contributed by atoms with van der Waals surface area (Å²) in [7, 11) is 0. The molecule has 0 aliphatic heterocycles. The Morgan fingerprint density at radius 2 is 1.71 bits per heavy atom. The van der Waals surface area contributed by atoms with E-state index in [2.05, 4.69) is 5.10 Å². The zero-order chi connectivity index (χ0) is 14.8. The second-order valence-electron chi connectivity index (χ2n) is 4.82. The fourth-order valence-corrected chi connectivity index (χ4v) is 2.18. The molecule has 3 rings (SSSR count). The van der Waals surface area contributed by atoms with Gasteiger partial charge in [-0.1, -0.05) is 48.0 Å². The molecule has 1 heterocycles. The Morgan fingerprint density at radius 1 is 1.05 bits per heavy atom. The number of rotatable bonds is 3. The molecule has 0 N–H and O–H groups in total. The van der Waals surface area contributed by atoms with Crippen molar-refractivity contribution >= 4 is 5.97 Å². The highest BCUT2D eigenvalue weighted by molar-refractivity contribution is 5.85. The summed E-state index contributed by atoms with van der Waals surface area (Å²) < 4.78 is 1.62. The first-order valence-corrected chi connectivity index (χ1v) is 6.59. The van der Waals surface area contributed by atoms with Gasteiger partial charge in [0.1, 0.15) is 5.69 Å². The minimum atomic E-state index is -1.28. The third-order valence-corrected chi connectivity index (χ3v) is 3.27. The van der Waals surface area contributed by atoms with Crippen LogP contribution in [0.4, 0.5) is 0 Å². The summed E-state index contributed by atoms with van der Waals surface area (Å²) in [5.74, 6) is -1.28. The molecular formula is C17H13N2O2-. The second-order valence-corrected chi connectivity index (χ2v) is 4.82. The number of aromatic carboxylic acids is 1. The van der Waals surface area contributed by atoms with E-state index >= 15 is 0 Å². The van der Waals surface area contributed by atoms with E-state index in [-0.39, 0.29) is 5.69 Å². The molecule has 0 unspecified atom stereocenters. The number of nitrogens with zero attached hydrogens (tertiary/aromatic N) is 2. The van der Waals surface area contributed by atoms with E-state index in [0.717, 1.165) is 22.5 Å². The molecule has 4 nitrogen and oxygen atoms in total. The summed E-state index contributed by atoms with van der Waals surface area (Å²) in [5, 5.41) is 15.2. The van der Waals surface area contributed by atoms with Gasteiger partial charge in [-0.2, -0.15) is 5.10 Å². The Balaban J connectivity index is 2.19. The number of benzene rings is 2. The molecule has 0 bridgehead atoms. The van der Waals surface area contributed by atoms with E-state index in [1.54, 1.807) is 4.68 Å². The van der Waals surface area contributed by atoms with Gasteiger partial charge in [-0.15, -0.1) is 0 Å². The monoisotopic (exact) mass is 277 g/mol. The molecule has 0 fully saturated rings. The number of aryl methyl sites for hydroxylation is 1. The standard InChI is InChI=1S/C17H14N2O2/c1-12-7-9-14(10-8-12)19-16(11-15(18-19)17(20)21)13-5-3-2-4-6-13/h2-11H,1H3,(H,20,21)/p-1. The number of carbonyl (C=O) groups excluding carboxylic acids is 1. The predicted octanol–water partition coefficient (Wildman–Crippen LogP) is 2.21. The molecule has 0 atom stereocenters. The van der Waals surface area contributed by atoms with E-state index in [9.17, 15) is 9.90 Å². The van der Waals surface area contributed by atoms with Gasteiger partial charge < -0.3 is 9.90 Å². The lowest BCUT2D eigenvalue weighted by atomic mass is 10.1. The van der Waals surface area contributed by atoms with Gasteiger partial charge in [-0.3, -0.25) is 0 Å². The van der Waals surface area contributed by atoms with Crippen molar-refractivity contribution in [1.29, 1.82) is 0 Å². The Morgan fingerprint density at radius 3 is 2.33 bits per heavy atom. The molecule has 0 saturated carbocycles. The number of aromatic nitrogens is 2. The summed E-state index contributed by atoms with van der Waals surface area (Å²) in [5.41, 5.74) is 3.49. The van der Waals surface area contributed by atoms with Crippen LogP contribution in [0.3, 0.4) is 0 Å². The first kappa shape index (κ1) is 13.1. The minimum absolute atomic E-state index is 0.0746. The molecule has 0 radical (unpaired) electrons. The summed E-state index contributed by atoms with van der Waals surface area (Å²) in [6.45, 7) is 2.00. The highest BCUT2D eigenvalue weighted by Crippen LogP contribution is 2.24. The van der Waals surface area contributed by atoms with Gasteiger partial charge >= 0.3 is 0 Å². The summed E-state index contributed by atoms with van der Waals surface area (Å²) in [6.07, 6.45) is 0. The predicted molar refractivity (Wildman–Crippen MR) is 78.1 cm³/mol. The third kappa shape index (κ3) is 2.56. The Kier molecular flexibility index (Phi) is 3.28. The molecule has 104 valence electrons. The fraction of sp³-hybridized carbons (Fsp3) is 0.0588. The van der Waals surface area contributed by atoms with Gasteiger partial charge in [-0.05, 0) is 25.1 Å². The van der Waals surface area contributed by atoms with Crippen LogP contribution in [-0.4, -0.2) is 15.7 Å². The van der Waals surface area contributed by atoms with Crippen LogP contribution in [0.1, 0.15) is 16.1 Å². The number of carboxylic acids is 1. The molecule has 21 heavy (non-hydrogen) atoms. The van der Waals surface area contributed by atoms with Crippen molar-refractivity contribution in [2.24, 2.45) is 0 Å². The second kappa shape index (κ2) is 5.25. The van der Waals surface area contributed by atoms with Gasteiger partial charge in [-0.25, -0.2) is 4.68 Å². The Bertz CT molecular complexity index is 774. The van der Waals surface area contributed by atoms with Crippen molar-refractivity contribution in [1.82, 2.24) is 9.78 Å². The van der Waals surface area contributed by atoms with Crippen molar-refractivity contribution < 1.29 is 9.90 Å². The van der Waals surface area contributed by atoms with E-state index in [0.29, 0.717) is 0 Å². The van der Waals surface area contributed by atoms with Crippen molar-refractivity contribution in [3.8, 4) is 16.9 Å². The van der Waals surface area contributed by atoms with Crippen LogP contribution in [0.2, 0.25) is 0 Å². The SMILES string of the molecule is Cc1ccc(-n2nc(C(=O)[O-])cc2-c2ccccc2)cc1. The first-order valence-electron chi connectivity index (χ1n) is 6.59. The molecule has 0 aliphatic carbocycles. The molecule has 2 aromatic carbocycles. The van der Waals surface area contributed by atoms with Gasteiger partial charge in [0, 0.05) is 5.56 Å². The van der Waals surface area contributed by atoms with Crippen LogP contribution >= 0.6 is 0 Å². The summed E-state index contributed by atoms with van der Waals surface area (Å²) >= 11 is 0.